The van der Waals surface area contributed by atoms with Crippen LogP contribution in [0.1, 0.15) is 6.92 Å². The van der Waals surface area contributed by atoms with Gasteiger partial charge in [-0.05, 0) is 0 Å². The zero-order valence-electron chi connectivity index (χ0n) is 7.68. The number of methoxy groups -OCH3 is 1. The number of halogens is 1. The summed E-state index contributed by atoms with van der Waals surface area (Å²) in [6.45, 7) is 1.78. The van der Waals surface area contributed by atoms with Crippen molar-refractivity contribution in [3.05, 3.63) is 0 Å². The molecular formula is C8H15ClO4. The minimum Gasteiger partial charge on any atom is -0.390 e. The van der Waals surface area contributed by atoms with Crippen LogP contribution in [0.5, 0.6) is 0 Å². The van der Waals surface area contributed by atoms with Gasteiger partial charge in [0.2, 0.25) is 0 Å². The van der Waals surface area contributed by atoms with Crippen LogP contribution >= 0.6 is 11.6 Å². The smallest absolute Gasteiger partial charge is 0.186 e. The van der Waals surface area contributed by atoms with Gasteiger partial charge >= 0.3 is 0 Å². The van der Waals surface area contributed by atoms with Crippen LogP contribution in [0.25, 0.3) is 0 Å². The Morgan fingerprint density at radius 1 is 1.38 bits per heavy atom. The lowest BCUT2D eigenvalue weighted by Gasteiger charge is -2.40. The number of aliphatic hydroxyl groups is 2. The molecule has 0 aromatic heterocycles. The van der Waals surface area contributed by atoms with Gasteiger partial charge < -0.3 is 19.7 Å². The van der Waals surface area contributed by atoms with Gasteiger partial charge in [0.25, 0.3) is 0 Å². The van der Waals surface area contributed by atoms with Crippen LogP contribution in [0.4, 0.5) is 0 Å². The minimum absolute atomic E-state index is 0.182. The molecule has 13 heavy (non-hydrogen) atoms. The first-order valence-electron chi connectivity index (χ1n) is 4.22. The van der Waals surface area contributed by atoms with Crippen LogP contribution in [0, 0.1) is 5.92 Å². The Kier molecular flexibility index (Phi) is 3.94. The number of aliphatic hydroxyl groups excluding tert-OH is 2. The summed E-state index contributed by atoms with van der Waals surface area (Å²) in [6, 6.07) is 0. The number of ether oxygens (including phenoxy) is 2. The zero-order chi connectivity index (χ0) is 10.0. The third-order valence-corrected chi connectivity index (χ3v) is 2.75. The van der Waals surface area contributed by atoms with Crippen molar-refractivity contribution in [1.82, 2.24) is 0 Å². The maximum atomic E-state index is 9.58. The molecule has 5 unspecified atom stereocenters. The lowest BCUT2D eigenvalue weighted by Crippen LogP contribution is -2.54. The molecule has 0 bridgehead atoms. The van der Waals surface area contributed by atoms with E-state index in [2.05, 4.69) is 0 Å². The maximum absolute atomic E-state index is 9.58. The van der Waals surface area contributed by atoms with Crippen LogP contribution in [0.2, 0.25) is 0 Å². The van der Waals surface area contributed by atoms with E-state index in [1.54, 1.807) is 6.92 Å². The van der Waals surface area contributed by atoms with E-state index in [0.717, 1.165) is 0 Å². The van der Waals surface area contributed by atoms with E-state index in [1.807, 2.05) is 0 Å². The summed E-state index contributed by atoms with van der Waals surface area (Å²) < 4.78 is 10.2. The molecule has 0 saturated carbocycles. The van der Waals surface area contributed by atoms with Crippen molar-refractivity contribution in [3.8, 4) is 0 Å². The second kappa shape index (κ2) is 4.57. The van der Waals surface area contributed by atoms with Gasteiger partial charge in [-0.1, -0.05) is 6.92 Å². The molecule has 1 rings (SSSR count). The van der Waals surface area contributed by atoms with Crippen molar-refractivity contribution < 1.29 is 19.7 Å². The zero-order valence-corrected chi connectivity index (χ0v) is 8.44. The van der Waals surface area contributed by atoms with Gasteiger partial charge in [-0.25, -0.2) is 0 Å². The standard InChI is InChI=1S/C8H15ClO4/c1-4-5(3-9)13-8(12-2)7(11)6(4)10/h4-8,10-11H,3H2,1-2H3. The summed E-state index contributed by atoms with van der Waals surface area (Å²) in [4.78, 5) is 0. The molecule has 0 aliphatic carbocycles. The van der Waals surface area contributed by atoms with Crippen molar-refractivity contribution in [3.63, 3.8) is 0 Å². The first-order valence-corrected chi connectivity index (χ1v) is 4.75. The molecule has 1 aliphatic heterocycles. The molecule has 5 heteroatoms. The number of alkyl halides is 1. The molecule has 1 heterocycles. The van der Waals surface area contributed by atoms with Crippen LogP contribution in [0.3, 0.4) is 0 Å². The first-order chi connectivity index (χ1) is 6.11. The Morgan fingerprint density at radius 3 is 2.46 bits per heavy atom. The van der Waals surface area contributed by atoms with E-state index >= 15 is 0 Å². The lowest BCUT2D eigenvalue weighted by molar-refractivity contribution is -0.270. The SMILES string of the molecule is COC1OC(CCl)C(C)C(O)C1O. The van der Waals surface area contributed by atoms with Gasteiger partial charge in [0.05, 0.1) is 12.2 Å². The monoisotopic (exact) mass is 210 g/mol. The fraction of sp³-hybridized carbons (Fsp3) is 1.00. The Labute approximate surface area is 82.4 Å². The molecule has 1 saturated heterocycles. The largest absolute Gasteiger partial charge is 0.390 e. The molecule has 0 aromatic rings. The van der Waals surface area contributed by atoms with Crippen molar-refractivity contribution >= 4 is 11.6 Å². The van der Waals surface area contributed by atoms with E-state index in [9.17, 15) is 10.2 Å². The molecular weight excluding hydrogens is 196 g/mol. The summed E-state index contributed by atoms with van der Waals surface area (Å²) in [7, 11) is 1.42. The van der Waals surface area contributed by atoms with E-state index in [0.29, 0.717) is 0 Å². The molecule has 5 atom stereocenters. The minimum atomic E-state index is -1.00. The van der Waals surface area contributed by atoms with E-state index in [4.69, 9.17) is 21.1 Å². The van der Waals surface area contributed by atoms with Gasteiger partial charge in [-0.3, -0.25) is 0 Å². The van der Waals surface area contributed by atoms with Crippen molar-refractivity contribution in [2.45, 2.75) is 31.5 Å². The summed E-state index contributed by atoms with van der Waals surface area (Å²) in [5, 5.41) is 19.1. The highest BCUT2D eigenvalue weighted by Gasteiger charge is 2.41. The van der Waals surface area contributed by atoms with E-state index in [-0.39, 0.29) is 17.9 Å². The average Bonchev–Trinajstić information content (AvgIpc) is 2.15. The molecule has 0 amide bonds. The highest BCUT2D eigenvalue weighted by Crippen LogP contribution is 2.26. The van der Waals surface area contributed by atoms with E-state index in [1.165, 1.54) is 7.11 Å². The predicted molar refractivity (Wildman–Crippen MR) is 47.6 cm³/mol. The quantitative estimate of drug-likeness (QED) is 0.628. The molecule has 1 aliphatic rings. The topological polar surface area (TPSA) is 58.9 Å². The Hall–Kier alpha value is 0.130. The molecule has 0 aromatic carbocycles. The fourth-order valence-electron chi connectivity index (χ4n) is 1.44. The number of hydrogen-bond acceptors (Lipinski definition) is 4. The van der Waals surface area contributed by atoms with Gasteiger partial charge in [0, 0.05) is 18.9 Å². The van der Waals surface area contributed by atoms with Crippen LogP contribution in [0.15, 0.2) is 0 Å². The second-order valence-corrected chi connectivity index (χ2v) is 3.58. The highest BCUT2D eigenvalue weighted by molar-refractivity contribution is 6.18. The number of hydrogen-bond donors (Lipinski definition) is 2. The molecule has 4 nitrogen and oxygen atoms in total. The Bertz CT molecular complexity index is 146. The molecule has 78 valence electrons. The summed E-state index contributed by atoms with van der Waals surface area (Å²) in [6.07, 6.45) is -2.90. The van der Waals surface area contributed by atoms with Crippen LogP contribution < -0.4 is 0 Å². The normalized spacial score (nSPS) is 46.4. The average molecular weight is 211 g/mol. The summed E-state index contributed by atoms with van der Waals surface area (Å²) >= 11 is 5.64. The molecule has 0 radical (unpaired) electrons. The second-order valence-electron chi connectivity index (χ2n) is 3.27. The Balaban J connectivity index is 2.66. The van der Waals surface area contributed by atoms with E-state index < -0.39 is 18.5 Å². The predicted octanol–water partition coefficient (Wildman–Crippen LogP) is -0.0456. The Morgan fingerprint density at radius 2 is 2.00 bits per heavy atom. The van der Waals surface area contributed by atoms with Gasteiger partial charge in [0.15, 0.2) is 6.29 Å². The van der Waals surface area contributed by atoms with Gasteiger partial charge in [0.1, 0.15) is 6.10 Å². The van der Waals surface area contributed by atoms with Crippen LogP contribution in [-0.2, 0) is 9.47 Å². The van der Waals surface area contributed by atoms with Crippen molar-refractivity contribution in [1.29, 1.82) is 0 Å². The van der Waals surface area contributed by atoms with Crippen LogP contribution in [-0.4, -0.2) is 47.8 Å². The highest BCUT2D eigenvalue weighted by atomic mass is 35.5. The van der Waals surface area contributed by atoms with Gasteiger partial charge in [-0.15, -0.1) is 11.6 Å². The molecule has 0 spiro atoms. The van der Waals surface area contributed by atoms with Crippen molar-refractivity contribution in [2.75, 3.05) is 13.0 Å². The van der Waals surface area contributed by atoms with Gasteiger partial charge in [-0.2, -0.15) is 0 Å². The molecule has 1 fully saturated rings. The molecule has 2 N–H and O–H groups in total. The third-order valence-electron chi connectivity index (χ3n) is 2.45. The fourth-order valence-corrected chi connectivity index (χ4v) is 1.79. The summed E-state index contributed by atoms with van der Waals surface area (Å²) in [5.41, 5.74) is 0. The summed E-state index contributed by atoms with van der Waals surface area (Å²) in [5.74, 6) is 0.101. The lowest BCUT2D eigenvalue weighted by atomic mass is 9.91. The first kappa shape index (κ1) is 11.2. The van der Waals surface area contributed by atoms with Crippen molar-refractivity contribution in [2.24, 2.45) is 5.92 Å². The maximum Gasteiger partial charge on any atom is 0.186 e. The number of rotatable bonds is 2. The third kappa shape index (κ3) is 2.14.